The summed E-state index contributed by atoms with van der Waals surface area (Å²) >= 11 is 0. The van der Waals surface area contributed by atoms with E-state index in [0.717, 1.165) is 18.2 Å². The van der Waals surface area contributed by atoms with E-state index in [1.807, 2.05) is 0 Å². The normalized spacial score (nSPS) is 11.0. The maximum atomic E-state index is 13.3. The summed E-state index contributed by atoms with van der Waals surface area (Å²) in [5.74, 6) is -2.93. The fourth-order valence-electron chi connectivity index (χ4n) is 1.74. The summed E-state index contributed by atoms with van der Waals surface area (Å²) in [5.41, 5.74) is -0.116. The standard InChI is InChI=1S/C14H6F5NO/c15-12-5-9(7-20)11(6-13(12)16)8-2-1-3-10(4-8)21-14(17,18)19/h1-6H. The smallest absolute Gasteiger partial charge is 0.406 e. The van der Waals surface area contributed by atoms with Gasteiger partial charge >= 0.3 is 6.36 Å². The highest BCUT2D eigenvalue weighted by molar-refractivity contribution is 5.71. The average molecular weight is 299 g/mol. The number of nitriles is 1. The van der Waals surface area contributed by atoms with E-state index in [4.69, 9.17) is 5.26 Å². The molecule has 0 amide bonds. The summed E-state index contributed by atoms with van der Waals surface area (Å²) in [6.45, 7) is 0. The van der Waals surface area contributed by atoms with Crippen LogP contribution in [-0.4, -0.2) is 6.36 Å². The van der Waals surface area contributed by atoms with Crippen molar-refractivity contribution >= 4 is 0 Å². The monoisotopic (exact) mass is 299 g/mol. The zero-order chi connectivity index (χ0) is 15.6. The van der Waals surface area contributed by atoms with Crippen molar-refractivity contribution in [2.45, 2.75) is 6.36 Å². The molecule has 0 unspecified atom stereocenters. The number of halogens is 5. The first kappa shape index (κ1) is 14.8. The van der Waals surface area contributed by atoms with E-state index >= 15 is 0 Å². The highest BCUT2D eigenvalue weighted by Crippen LogP contribution is 2.30. The molecule has 0 saturated carbocycles. The molecule has 21 heavy (non-hydrogen) atoms. The summed E-state index contributed by atoms with van der Waals surface area (Å²) in [7, 11) is 0. The van der Waals surface area contributed by atoms with Crippen LogP contribution in [0.2, 0.25) is 0 Å². The average Bonchev–Trinajstić information content (AvgIpc) is 2.39. The van der Waals surface area contributed by atoms with Gasteiger partial charge in [0.1, 0.15) is 5.75 Å². The summed E-state index contributed by atoms with van der Waals surface area (Å²) in [6.07, 6.45) is -4.87. The Labute approximate surface area is 116 Å². The molecule has 0 aliphatic rings. The van der Waals surface area contributed by atoms with Crippen LogP contribution in [0.4, 0.5) is 22.0 Å². The second-order valence-corrected chi connectivity index (χ2v) is 4.00. The molecule has 0 atom stereocenters. The Kier molecular flexibility index (Phi) is 3.80. The van der Waals surface area contributed by atoms with Gasteiger partial charge in [0.2, 0.25) is 0 Å². The summed E-state index contributed by atoms with van der Waals surface area (Å²) in [6, 6.07) is 7.75. The van der Waals surface area contributed by atoms with E-state index in [0.29, 0.717) is 6.07 Å². The molecule has 2 aromatic rings. The molecule has 0 bridgehead atoms. The zero-order valence-corrected chi connectivity index (χ0v) is 10.2. The Hall–Kier alpha value is -2.62. The minimum atomic E-state index is -4.87. The second kappa shape index (κ2) is 5.40. The van der Waals surface area contributed by atoms with E-state index in [1.54, 1.807) is 6.07 Å². The summed E-state index contributed by atoms with van der Waals surface area (Å²) in [4.78, 5) is 0. The van der Waals surface area contributed by atoms with Crippen LogP contribution in [0.15, 0.2) is 36.4 Å². The minimum Gasteiger partial charge on any atom is -0.406 e. The SMILES string of the molecule is N#Cc1cc(F)c(F)cc1-c1cccc(OC(F)(F)F)c1. The third-order valence-corrected chi connectivity index (χ3v) is 2.56. The summed E-state index contributed by atoms with van der Waals surface area (Å²) in [5, 5.41) is 8.90. The molecule has 0 aliphatic carbocycles. The second-order valence-electron chi connectivity index (χ2n) is 4.00. The number of ether oxygens (including phenoxy) is 1. The molecule has 2 aromatic carbocycles. The van der Waals surface area contributed by atoms with Crippen molar-refractivity contribution in [3.8, 4) is 22.9 Å². The van der Waals surface area contributed by atoms with Gasteiger partial charge in [0.25, 0.3) is 0 Å². The number of alkyl halides is 3. The van der Waals surface area contributed by atoms with Gasteiger partial charge in [-0.05, 0) is 29.8 Å². The third kappa shape index (κ3) is 3.48. The quantitative estimate of drug-likeness (QED) is 0.770. The van der Waals surface area contributed by atoms with Crippen molar-refractivity contribution in [2.75, 3.05) is 0 Å². The van der Waals surface area contributed by atoms with Crippen molar-refractivity contribution in [3.63, 3.8) is 0 Å². The van der Waals surface area contributed by atoms with E-state index in [2.05, 4.69) is 4.74 Å². The van der Waals surface area contributed by atoms with Crippen molar-refractivity contribution < 1.29 is 26.7 Å². The van der Waals surface area contributed by atoms with Gasteiger partial charge in [0, 0.05) is 5.56 Å². The lowest BCUT2D eigenvalue weighted by Crippen LogP contribution is -2.17. The van der Waals surface area contributed by atoms with Crippen LogP contribution in [0.1, 0.15) is 5.56 Å². The molecule has 0 saturated heterocycles. The first-order valence-electron chi connectivity index (χ1n) is 5.55. The largest absolute Gasteiger partial charge is 0.573 e. The lowest BCUT2D eigenvalue weighted by molar-refractivity contribution is -0.274. The predicted molar refractivity (Wildman–Crippen MR) is 63.2 cm³/mol. The predicted octanol–water partition coefficient (Wildman–Crippen LogP) is 4.40. The van der Waals surface area contributed by atoms with Crippen LogP contribution in [0.3, 0.4) is 0 Å². The van der Waals surface area contributed by atoms with Crippen molar-refractivity contribution in [2.24, 2.45) is 0 Å². The van der Waals surface area contributed by atoms with Gasteiger partial charge in [-0.2, -0.15) is 5.26 Å². The number of benzene rings is 2. The molecular formula is C14H6F5NO. The van der Waals surface area contributed by atoms with Gasteiger partial charge in [-0.25, -0.2) is 8.78 Å². The molecule has 0 fully saturated rings. The number of hydrogen-bond acceptors (Lipinski definition) is 2. The van der Waals surface area contributed by atoms with E-state index in [9.17, 15) is 22.0 Å². The molecular weight excluding hydrogens is 293 g/mol. The molecule has 2 nitrogen and oxygen atoms in total. The molecule has 0 aliphatic heterocycles. The number of hydrogen-bond donors (Lipinski definition) is 0. The maximum absolute atomic E-state index is 13.3. The number of nitrogens with zero attached hydrogens (tertiary/aromatic N) is 1. The van der Waals surface area contributed by atoms with E-state index in [-0.39, 0.29) is 16.7 Å². The topological polar surface area (TPSA) is 33.0 Å². The lowest BCUT2D eigenvalue weighted by atomic mass is 10.00. The van der Waals surface area contributed by atoms with Crippen LogP contribution in [0, 0.1) is 23.0 Å². The van der Waals surface area contributed by atoms with E-state index in [1.165, 1.54) is 12.1 Å². The first-order chi connectivity index (χ1) is 9.80. The molecule has 0 spiro atoms. The van der Waals surface area contributed by atoms with Crippen LogP contribution in [0.5, 0.6) is 5.75 Å². The Morgan fingerprint density at radius 1 is 1.00 bits per heavy atom. The maximum Gasteiger partial charge on any atom is 0.573 e. The Morgan fingerprint density at radius 2 is 1.67 bits per heavy atom. The molecule has 0 heterocycles. The van der Waals surface area contributed by atoms with E-state index < -0.39 is 23.7 Å². The molecule has 0 radical (unpaired) electrons. The highest BCUT2D eigenvalue weighted by Gasteiger charge is 2.31. The van der Waals surface area contributed by atoms with Gasteiger partial charge in [0.15, 0.2) is 11.6 Å². The molecule has 0 aromatic heterocycles. The molecule has 7 heteroatoms. The number of rotatable bonds is 2. The summed E-state index contributed by atoms with van der Waals surface area (Å²) < 4.78 is 66.5. The third-order valence-electron chi connectivity index (χ3n) is 2.56. The molecule has 108 valence electrons. The fourth-order valence-corrected chi connectivity index (χ4v) is 1.74. The van der Waals surface area contributed by atoms with Gasteiger partial charge in [-0.15, -0.1) is 13.2 Å². The zero-order valence-electron chi connectivity index (χ0n) is 10.2. The van der Waals surface area contributed by atoms with Crippen LogP contribution in [-0.2, 0) is 0 Å². The Morgan fingerprint density at radius 3 is 2.29 bits per heavy atom. The van der Waals surface area contributed by atoms with Gasteiger partial charge in [-0.1, -0.05) is 12.1 Å². The van der Waals surface area contributed by atoms with Gasteiger partial charge < -0.3 is 4.74 Å². The molecule has 2 rings (SSSR count). The lowest BCUT2D eigenvalue weighted by Gasteiger charge is -2.11. The van der Waals surface area contributed by atoms with Crippen molar-refractivity contribution in [1.82, 2.24) is 0 Å². The first-order valence-corrected chi connectivity index (χ1v) is 5.55. The van der Waals surface area contributed by atoms with Gasteiger partial charge in [-0.3, -0.25) is 0 Å². The Bertz CT molecular complexity index is 718. The van der Waals surface area contributed by atoms with Crippen molar-refractivity contribution in [3.05, 3.63) is 53.6 Å². The highest BCUT2D eigenvalue weighted by atomic mass is 19.4. The Balaban J connectivity index is 2.50. The van der Waals surface area contributed by atoms with Crippen molar-refractivity contribution in [1.29, 1.82) is 5.26 Å². The minimum absolute atomic E-state index is 0.0241. The van der Waals surface area contributed by atoms with Crippen LogP contribution >= 0.6 is 0 Å². The van der Waals surface area contributed by atoms with Crippen LogP contribution < -0.4 is 4.74 Å². The van der Waals surface area contributed by atoms with Gasteiger partial charge in [0.05, 0.1) is 11.6 Å². The molecule has 0 N–H and O–H groups in total. The van der Waals surface area contributed by atoms with Crippen LogP contribution in [0.25, 0.3) is 11.1 Å². The fraction of sp³-hybridized carbons (Fsp3) is 0.0714.